The first-order valence-corrected chi connectivity index (χ1v) is 11.5. The monoisotopic (exact) mass is 474 g/mol. The van der Waals surface area contributed by atoms with E-state index >= 15 is 4.39 Å². The molecule has 1 aliphatic heterocycles. The maximum Gasteiger partial charge on any atom is 0.407 e. The van der Waals surface area contributed by atoms with Gasteiger partial charge in [0.2, 0.25) is 0 Å². The summed E-state index contributed by atoms with van der Waals surface area (Å²) < 4.78 is 27.3. The number of benzene rings is 1. The molecule has 1 saturated heterocycles. The molecular weight excluding hydrogens is 451 g/mol. The lowest BCUT2D eigenvalue weighted by Crippen LogP contribution is -2.29. The Morgan fingerprint density at radius 2 is 2.09 bits per heavy atom. The summed E-state index contributed by atoms with van der Waals surface area (Å²) in [5, 5.41) is 10.00. The van der Waals surface area contributed by atoms with Crippen LogP contribution in [0.4, 0.5) is 9.18 Å². The van der Waals surface area contributed by atoms with Gasteiger partial charge in [0.05, 0.1) is 26.8 Å². The normalized spacial score (nSPS) is 19.1. The third-order valence-corrected chi connectivity index (χ3v) is 7.28. The van der Waals surface area contributed by atoms with Gasteiger partial charge in [-0.2, -0.15) is 0 Å². The maximum absolute atomic E-state index is 15.3. The summed E-state index contributed by atoms with van der Waals surface area (Å²) in [5.41, 5.74) is -1.29. The van der Waals surface area contributed by atoms with Gasteiger partial charge in [0.15, 0.2) is 21.8 Å². The van der Waals surface area contributed by atoms with Crippen molar-refractivity contribution >= 4 is 27.8 Å². The van der Waals surface area contributed by atoms with Gasteiger partial charge >= 0.3 is 6.09 Å². The topological polar surface area (TPSA) is 107 Å². The Morgan fingerprint density at radius 1 is 1.30 bits per heavy atom. The van der Waals surface area contributed by atoms with Crippen molar-refractivity contribution in [3.05, 3.63) is 44.9 Å². The van der Waals surface area contributed by atoms with E-state index in [1.165, 1.54) is 27.9 Å². The van der Waals surface area contributed by atoms with Gasteiger partial charge in [0.25, 0.3) is 5.56 Å². The van der Waals surface area contributed by atoms with E-state index in [0.717, 1.165) is 6.42 Å². The first kappa shape index (κ1) is 21.6. The van der Waals surface area contributed by atoms with Gasteiger partial charge in [-0.15, -0.1) is 0 Å². The summed E-state index contributed by atoms with van der Waals surface area (Å²) in [7, 11) is 3.06. The van der Waals surface area contributed by atoms with E-state index in [4.69, 9.17) is 9.47 Å². The van der Waals surface area contributed by atoms with Gasteiger partial charge in [-0.25, -0.2) is 19.2 Å². The van der Waals surface area contributed by atoms with Crippen LogP contribution in [-0.2, 0) is 12.2 Å². The Kier molecular flexibility index (Phi) is 5.23. The predicted molar refractivity (Wildman–Crippen MR) is 119 cm³/mol. The van der Waals surface area contributed by atoms with Crippen molar-refractivity contribution in [1.29, 1.82) is 0 Å². The minimum atomic E-state index is -1.66. The standard InChI is InChI=1S/C22H23FN4O5S/c1-31-13-6-5-12(15(10-13)32-2)11-27-19(28)16-18(25-20(27)22(23)7-8-22)33-17(24-16)14-4-3-9-26(14)21(29)30/h5-6,10,14H,3-4,7-9,11H2,1-2H3,(H,29,30)/t14-/m1/s1. The van der Waals surface area contributed by atoms with Crippen molar-refractivity contribution in [2.24, 2.45) is 0 Å². The first-order valence-electron chi connectivity index (χ1n) is 10.7. The molecule has 1 atom stereocenters. The number of rotatable bonds is 6. The molecule has 1 aromatic carbocycles. The summed E-state index contributed by atoms with van der Waals surface area (Å²) in [6.45, 7) is 0.483. The maximum atomic E-state index is 15.3. The average molecular weight is 475 g/mol. The van der Waals surface area contributed by atoms with Crippen LogP contribution in [0.15, 0.2) is 23.0 Å². The van der Waals surface area contributed by atoms with Crippen molar-refractivity contribution < 1.29 is 23.8 Å². The van der Waals surface area contributed by atoms with Crippen LogP contribution in [0.1, 0.15) is 48.1 Å². The average Bonchev–Trinajstić information content (AvgIpc) is 3.20. The summed E-state index contributed by atoms with van der Waals surface area (Å²) >= 11 is 1.17. The molecule has 1 N–H and O–H groups in total. The highest BCUT2D eigenvalue weighted by Gasteiger charge is 2.49. The molecule has 5 rings (SSSR count). The Bertz CT molecular complexity index is 1300. The number of carbonyl (C=O) groups is 1. The van der Waals surface area contributed by atoms with Crippen molar-refractivity contribution in [3.8, 4) is 11.5 Å². The highest BCUT2D eigenvalue weighted by molar-refractivity contribution is 7.18. The van der Waals surface area contributed by atoms with Gasteiger partial charge in [0, 0.05) is 18.2 Å². The number of carboxylic acid groups (broad SMARTS) is 1. The van der Waals surface area contributed by atoms with Gasteiger partial charge in [-0.05, 0) is 37.8 Å². The zero-order valence-corrected chi connectivity index (χ0v) is 19.0. The molecule has 0 spiro atoms. The molecule has 1 amide bonds. The third kappa shape index (κ3) is 3.69. The number of fused-ring (bicyclic) bond motifs is 1. The minimum Gasteiger partial charge on any atom is -0.497 e. The molecule has 3 heterocycles. The van der Waals surface area contributed by atoms with Gasteiger partial charge < -0.3 is 14.6 Å². The number of methoxy groups -OCH3 is 2. The quantitative estimate of drug-likeness (QED) is 0.581. The van der Waals surface area contributed by atoms with Crippen LogP contribution >= 0.6 is 11.3 Å². The zero-order chi connectivity index (χ0) is 23.3. The number of hydrogen-bond donors (Lipinski definition) is 1. The number of nitrogens with zero attached hydrogens (tertiary/aromatic N) is 4. The molecule has 0 unspecified atom stereocenters. The molecule has 11 heteroatoms. The Morgan fingerprint density at radius 3 is 2.76 bits per heavy atom. The fraction of sp³-hybridized carbons (Fsp3) is 0.455. The summed E-state index contributed by atoms with van der Waals surface area (Å²) in [5.74, 6) is 1.19. The number of halogens is 1. The van der Waals surface area contributed by atoms with Crippen LogP contribution in [0.3, 0.4) is 0 Å². The minimum absolute atomic E-state index is 0.0630. The lowest BCUT2D eigenvalue weighted by Gasteiger charge is -2.18. The van der Waals surface area contributed by atoms with Crippen LogP contribution < -0.4 is 15.0 Å². The number of thiazole rings is 1. The fourth-order valence-corrected chi connectivity index (χ4v) is 5.37. The van der Waals surface area contributed by atoms with Gasteiger partial charge in [0.1, 0.15) is 16.5 Å². The van der Waals surface area contributed by atoms with Crippen LogP contribution in [0.2, 0.25) is 0 Å². The van der Waals surface area contributed by atoms with Crippen LogP contribution in [-0.4, -0.2) is 51.4 Å². The number of aromatic nitrogens is 3. The lowest BCUT2D eigenvalue weighted by atomic mass is 10.1. The zero-order valence-electron chi connectivity index (χ0n) is 18.2. The molecule has 33 heavy (non-hydrogen) atoms. The van der Waals surface area contributed by atoms with Crippen molar-refractivity contribution in [2.45, 2.75) is 43.9 Å². The molecule has 1 aliphatic carbocycles. The largest absolute Gasteiger partial charge is 0.497 e. The van der Waals surface area contributed by atoms with E-state index in [1.54, 1.807) is 25.3 Å². The molecule has 0 bridgehead atoms. The van der Waals surface area contributed by atoms with E-state index < -0.39 is 23.4 Å². The smallest absolute Gasteiger partial charge is 0.407 e. The fourth-order valence-electron chi connectivity index (χ4n) is 4.29. The molecule has 2 aromatic heterocycles. The van der Waals surface area contributed by atoms with Crippen molar-refractivity contribution in [1.82, 2.24) is 19.4 Å². The highest BCUT2D eigenvalue weighted by atomic mass is 32.1. The molecule has 3 aromatic rings. The highest BCUT2D eigenvalue weighted by Crippen LogP contribution is 2.49. The Hall–Kier alpha value is -3.21. The molecule has 0 radical (unpaired) electrons. The molecule has 1 saturated carbocycles. The predicted octanol–water partition coefficient (Wildman–Crippen LogP) is 3.69. The van der Waals surface area contributed by atoms with E-state index in [0.29, 0.717) is 52.7 Å². The van der Waals surface area contributed by atoms with Crippen LogP contribution in [0, 0.1) is 0 Å². The summed E-state index contributed by atoms with van der Waals surface area (Å²) in [6, 6.07) is 4.81. The van der Waals surface area contributed by atoms with E-state index in [-0.39, 0.29) is 17.9 Å². The van der Waals surface area contributed by atoms with Crippen LogP contribution in [0.5, 0.6) is 11.5 Å². The number of alkyl halides is 1. The second kappa shape index (κ2) is 7.98. The van der Waals surface area contributed by atoms with E-state index in [1.807, 2.05) is 0 Å². The summed E-state index contributed by atoms with van der Waals surface area (Å²) in [6.07, 6.45) is 0.927. The first-order chi connectivity index (χ1) is 15.8. The van der Waals surface area contributed by atoms with E-state index in [9.17, 15) is 14.7 Å². The SMILES string of the molecule is COc1ccc(Cn2c(C3(F)CC3)nc3sc([C@H]4CCCN4C(=O)O)nc3c2=O)c(OC)c1. The number of likely N-dealkylation sites (tertiary alicyclic amines) is 1. The van der Waals surface area contributed by atoms with Crippen LogP contribution in [0.25, 0.3) is 10.3 Å². The molecule has 2 fully saturated rings. The van der Waals surface area contributed by atoms with Crippen molar-refractivity contribution in [2.75, 3.05) is 20.8 Å². The Labute approximate surface area is 192 Å². The van der Waals surface area contributed by atoms with E-state index in [2.05, 4.69) is 9.97 Å². The lowest BCUT2D eigenvalue weighted by molar-refractivity contribution is 0.140. The molecule has 2 aliphatic rings. The third-order valence-electron chi connectivity index (χ3n) is 6.23. The van der Waals surface area contributed by atoms with Crippen molar-refractivity contribution in [3.63, 3.8) is 0 Å². The molecular formula is C22H23FN4O5S. The Balaban J connectivity index is 1.62. The number of hydrogen-bond acceptors (Lipinski definition) is 7. The van der Waals surface area contributed by atoms with Gasteiger partial charge in [-0.3, -0.25) is 14.3 Å². The molecule has 174 valence electrons. The second-order valence-corrected chi connectivity index (χ2v) is 9.32. The number of amides is 1. The van der Waals surface area contributed by atoms with Gasteiger partial charge in [-0.1, -0.05) is 11.3 Å². The summed E-state index contributed by atoms with van der Waals surface area (Å²) in [4.78, 5) is 35.8. The second-order valence-electron chi connectivity index (χ2n) is 8.31. The molecule has 9 nitrogen and oxygen atoms in total. The number of ether oxygens (including phenoxy) is 2.